The molecule has 9 heteroatoms. The highest BCUT2D eigenvalue weighted by atomic mass is 35.5. The average molecular weight is 323 g/mol. The van der Waals surface area contributed by atoms with E-state index in [1.165, 1.54) is 24.3 Å². The van der Waals surface area contributed by atoms with Crippen molar-refractivity contribution in [3.63, 3.8) is 0 Å². The predicted octanol–water partition coefficient (Wildman–Crippen LogP) is 0.695. The number of rotatable bonds is 6. The van der Waals surface area contributed by atoms with Gasteiger partial charge in [0.25, 0.3) is 11.6 Å². The van der Waals surface area contributed by atoms with Crippen molar-refractivity contribution < 1.29 is 19.9 Å². The van der Waals surface area contributed by atoms with E-state index in [-0.39, 0.29) is 17.8 Å². The van der Waals surface area contributed by atoms with Crippen molar-refractivity contribution >= 4 is 34.8 Å². The number of carbonyl (C=O) groups excluding carboxylic acids is 1. The summed E-state index contributed by atoms with van der Waals surface area (Å²) in [7, 11) is 0. The number of aliphatic hydroxyl groups excluding tert-OH is 1. The Labute approximate surface area is 124 Å². The number of alkyl halides is 2. The van der Waals surface area contributed by atoms with Gasteiger partial charge >= 0.3 is 0 Å². The fourth-order valence-corrected chi connectivity index (χ4v) is 1.61. The van der Waals surface area contributed by atoms with E-state index in [1.54, 1.807) is 0 Å². The Morgan fingerprint density at radius 2 is 1.95 bits per heavy atom. The van der Waals surface area contributed by atoms with Crippen LogP contribution in [0.15, 0.2) is 24.3 Å². The van der Waals surface area contributed by atoms with E-state index in [4.69, 9.17) is 23.2 Å². The minimum Gasteiger partial charge on any atom is -0.393 e. The molecule has 0 aliphatic rings. The topological polar surface area (TPSA) is 113 Å². The second-order valence-electron chi connectivity index (χ2n) is 4.01. The lowest BCUT2D eigenvalue weighted by Gasteiger charge is -2.26. The lowest BCUT2D eigenvalue weighted by atomic mass is 9.94. The zero-order valence-corrected chi connectivity index (χ0v) is 11.6. The third-order valence-electron chi connectivity index (χ3n) is 2.63. The van der Waals surface area contributed by atoms with Crippen molar-refractivity contribution in [3.05, 3.63) is 39.9 Å². The first-order chi connectivity index (χ1) is 9.30. The first kappa shape index (κ1) is 16.6. The molecule has 1 rings (SSSR count). The summed E-state index contributed by atoms with van der Waals surface area (Å²) >= 11 is 10.7. The Kier molecular flexibility index (Phi) is 5.70. The van der Waals surface area contributed by atoms with Crippen molar-refractivity contribution in [3.8, 4) is 0 Å². The molecule has 1 aromatic carbocycles. The van der Waals surface area contributed by atoms with Crippen molar-refractivity contribution in [1.82, 2.24) is 5.32 Å². The Hall–Kier alpha value is -1.41. The van der Waals surface area contributed by atoms with Gasteiger partial charge in [0.1, 0.15) is 5.60 Å². The largest absolute Gasteiger partial charge is 0.393 e. The molecule has 0 aromatic heterocycles. The van der Waals surface area contributed by atoms with E-state index in [9.17, 15) is 25.1 Å². The van der Waals surface area contributed by atoms with E-state index < -0.39 is 27.9 Å². The number of halogens is 2. The molecule has 3 N–H and O–H groups in total. The molecule has 0 saturated heterocycles. The van der Waals surface area contributed by atoms with Crippen LogP contribution in [0.5, 0.6) is 0 Å². The number of nitrogens with one attached hydrogen (secondary N) is 1. The average Bonchev–Trinajstić information content (AvgIpc) is 2.44. The van der Waals surface area contributed by atoms with Gasteiger partial charge in [-0.05, 0) is 17.7 Å². The highest BCUT2D eigenvalue weighted by molar-refractivity contribution is 6.53. The quantitative estimate of drug-likeness (QED) is 0.405. The molecule has 1 unspecified atom stereocenters. The number of hydrogen-bond acceptors (Lipinski definition) is 5. The monoisotopic (exact) mass is 322 g/mol. The van der Waals surface area contributed by atoms with E-state index in [0.29, 0.717) is 0 Å². The number of aliphatic hydroxyl groups is 2. The minimum absolute atomic E-state index is 0.153. The summed E-state index contributed by atoms with van der Waals surface area (Å²) in [6.07, 6.45) is 0. The first-order valence-corrected chi connectivity index (χ1v) is 6.31. The van der Waals surface area contributed by atoms with Crippen molar-refractivity contribution in [2.24, 2.45) is 0 Å². The minimum atomic E-state index is -1.78. The van der Waals surface area contributed by atoms with Gasteiger partial charge in [-0.25, -0.2) is 0 Å². The zero-order valence-electron chi connectivity index (χ0n) is 10.1. The molecule has 0 heterocycles. The Balaban J connectivity index is 2.87. The van der Waals surface area contributed by atoms with Gasteiger partial charge in [-0.3, -0.25) is 14.9 Å². The molecule has 1 amide bonds. The summed E-state index contributed by atoms with van der Waals surface area (Å²) < 4.78 is 0. The van der Waals surface area contributed by atoms with Crippen LogP contribution in [0.1, 0.15) is 5.56 Å². The van der Waals surface area contributed by atoms with Crippen LogP contribution < -0.4 is 5.32 Å². The number of carbonyl (C=O) groups is 1. The number of benzene rings is 1. The van der Waals surface area contributed by atoms with Gasteiger partial charge in [-0.2, -0.15) is 0 Å². The van der Waals surface area contributed by atoms with Crippen LogP contribution in [0.25, 0.3) is 0 Å². The Morgan fingerprint density at radius 1 is 1.40 bits per heavy atom. The summed E-state index contributed by atoms with van der Waals surface area (Å²) in [5, 5.41) is 32.3. The lowest BCUT2D eigenvalue weighted by molar-refractivity contribution is -0.384. The van der Waals surface area contributed by atoms with Crippen molar-refractivity contribution in [2.75, 3.05) is 13.2 Å². The van der Waals surface area contributed by atoms with Gasteiger partial charge in [0.15, 0.2) is 4.84 Å². The molecule has 7 nitrogen and oxygen atoms in total. The molecular weight excluding hydrogens is 311 g/mol. The molecule has 0 saturated carbocycles. The highest BCUT2D eigenvalue weighted by Crippen LogP contribution is 2.23. The number of non-ortho nitro benzene ring substituents is 1. The zero-order chi connectivity index (χ0) is 15.3. The van der Waals surface area contributed by atoms with E-state index in [1.807, 2.05) is 0 Å². The summed E-state index contributed by atoms with van der Waals surface area (Å²) in [6.45, 7) is -1.03. The first-order valence-electron chi connectivity index (χ1n) is 5.44. The van der Waals surface area contributed by atoms with E-state index >= 15 is 0 Å². The third kappa shape index (κ3) is 4.04. The molecule has 1 atom stereocenters. The van der Waals surface area contributed by atoms with Gasteiger partial charge in [-0.15, -0.1) is 0 Å². The normalized spacial score (nSPS) is 13.8. The fourth-order valence-electron chi connectivity index (χ4n) is 1.45. The van der Waals surface area contributed by atoms with Crippen LogP contribution in [-0.2, 0) is 10.4 Å². The Morgan fingerprint density at radius 3 is 2.35 bits per heavy atom. The summed E-state index contributed by atoms with van der Waals surface area (Å²) in [5.74, 6) is -0.720. The summed E-state index contributed by atoms with van der Waals surface area (Å²) in [5.41, 5.74) is -1.72. The van der Waals surface area contributed by atoms with Gasteiger partial charge < -0.3 is 15.5 Å². The SMILES string of the molecule is O=C(NCC(O)(CO)c1ccc([N+](=O)[O-])cc1)C(Cl)Cl. The molecule has 0 spiro atoms. The maximum Gasteiger partial charge on any atom is 0.269 e. The van der Waals surface area contributed by atoms with Crippen LogP contribution in [0.3, 0.4) is 0 Å². The third-order valence-corrected chi connectivity index (χ3v) is 3.03. The number of hydrogen-bond donors (Lipinski definition) is 3. The fraction of sp³-hybridized carbons (Fsp3) is 0.364. The maximum absolute atomic E-state index is 11.2. The molecular formula is C11H12Cl2N2O5. The van der Waals surface area contributed by atoms with Crippen LogP contribution in [0, 0.1) is 10.1 Å². The molecule has 110 valence electrons. The number of nitrogens with zero attached hydrogens (tertiary/aromatic N) is 1. The maximum atomic E-state index is 11.2. The van der Waals surface area contributed by atoms with Gasteiger partial charge in [0.2, 0.25) is 0 Å². The summed E-state index contributed by atoms with van der Waals surface area (Å²) in [6, 6.07) is 4.95. The van der Waals surface area contributed by atoms with Crippen LogP contribution in [0.2, 0.25) is 0 Å². The Bertz CT molecular complexity index is 494. The number of nitro benzene ring substituents is 1. The van der Waals surface area contributed by atoms with E-state index in [2.05, 4.69) is 5.32 Å². The lowest BCUT2D eigenvalue weighted by Crippen LogP contribution is -2.44. The molecule has 0 radical (unpaired) electrons. The highest BCUT2D eigenvalue weighted by Gasteiger charge is 2.30. The molecule has 0 bridgehead atoms. The predicted molar refractivity (Wildman–Crippen MR) is 72.6 cm³/mol. The smallest absolute Gasteiger partial charge is 0.269 e. The molecule has 0 aliphatic heterocycles. The second-order valence-corrected chi connectivity index (χ2v) is 5.11. The number of amides is 1. The van der Waals surface area contributed by atoms with Crippen molar-refractivity contribution in [2.45, 2.75) is 10.4 Å². The summed E-state index contributed by atoms with van der Waals surface area (Å²) in [4.78, 5) is 19.9. The number of nitro groups is 1. The van der Waals surface area contributed by atoms with Crippen LogP contribution in [0.4, 0.5) is 5.69 Å². The van der Waals surface area contributed by atoms with Gasteiger partial charge in [-0.1, -0.05) is 23.2 Å². The molecule has 0 fully saturated rings. The molecule has 1 aromatic rings. The molecule has 0 aliphatic carbocycles. The van der Waals surface area contributed by atoms with Crippen LogP contribution >= 0.6 is 23.2 Å². The second kappa shape index (κ2) is 6.85. The van der Waals surface area contributed by atoms with Crippen LogP contribution in [-0.4, -0.2) is 39.0 Å². The molecule has 20 heavy (non-hydrogen) atoms. The van der Waals surface area contributed by atoms with Gasteiger partial charge in [0, 0.05) is 12.1 Å². The van der Waals surface area contributed by atoms with Crippen molar-refractivity contribution in [1.29, 1.82) is 0 Å². The van der Waals surface area contributed by atoms with E-state index in [0.717, 1.165) is 0 Å². The van der Waals surface area contributed by atoms with Gasteiger partial charge in [0.05, 0.1) is 18.1 Å². The standard InChI is InChI=1S/C11H12Cl2N2O5/c12-9(13)10(17)14-5-11(18,6-16)7-1-3-8(4-2-7)15(19)20/h1-4,9,16,18H,5-6H2,(H,14,17).